The van der Waals surface area contributed by atoms with Crippen LogP contribution < -0.4 is 9.62 Å². The van der Waals surface area contributed by atoms with Crippen molar-refractivity contribution in [2.24, 2.45) is 0 Å². The number of amides is 2. The number of aryl methyl sites for hydroxylation is 1. The van der Waals surface area contributed by atoms with Gasteiger partial charge in [-0.05, 0) is 79.3 Å². The minimum absolute atomic E-state index is 0.0558. The van der Waals surface area contributed by atoms with E-state index in [0.29, 0.717) is 5.69 Å². The molecule has 7 nitrogen and oxygen atoms in total. The lowest BCUT2D eigenvalue weighted by atomic mass is 10.0. The van der Waals surface area contributed by atoms with Gasteiger partial charge in [0.15, 0.2) is 0 Å². The fraction of sp³-hybridized carbons (Fsp3) is 0.297. The summed E-state index contributed by atoms with van der Waals surface area (Å²) in [6.07, 6.45) is 4.20. The molecule has 1 saturated carbocycles. The third-order valence-electron chi connectivity index (χ3n) is 8.69. The molecule has 1 aliphatic carbocycles. The first-order valence-corrected chi connectivity index (χ1v) is 17.9. The molecule has 46 heavy (non-hydrogen) atoms. The van der Waals surface area contributed by atoms with Crippen LogP contribution in [0, 0.1) is 13.8 Å². The molecule has 0 radical (unpaired) electrons. The van der Waals surface area contributed by atoms with E-state index >= 15 is 0 Å². The van der Waals surface area contributed by atoms with Crippen LogP contribution >= 0.6 is 15.9 Å². The Morgan fingerprint density at radius 3 is 2.11 bits per heavy atom. The first-order valence-electron chi connectivity index (χ1n) is 15.7. The zero-order valence-corrected chi connectivity index (χ0v) is 28.6. The standard InChI is InChI=1S/C37H40BrN3O4S/c1-27-12-11-19-34(28(27)2)41(46(44,45)33-17-7-4-8-18-33)26-36(42)40(25-30-20-22-31(38)23-21-30)35(24-29-13-5-3-6-14-29)37(43)39-32-15-9-10-16-32/h3-8,11-14,17-23,32,35H,9-10,15-16,24-26H2,1-2H3,(H,39,43)/t35-/m1/s1. The number of sulfonamides is 1. The summed E-state index contributed by atoms with van der Waals surface area (Å²) in [5.41, 5.74) is 3.83. The van der Waals surface area contributed by atoms with Crippen molar-refractivity contribution in [3.8, 4) is 0 Å². The SMILES string of the molecule is Cc1cccc(N(CC(=O)N(Cc2ccc(Br)cc2)[C@H](Cc2ccccc2)C(=O)NC2CCCC2)S(=O)(=O)c2ccccc2)c1C. The fourth-order valence-corrected chi connectivity index (χ4v) is 7.70. The molecule has 0 aliphatic heterocycles. The van der Waals surface area contributed by atoms with E-state index in [1.807, 2.05) is 74.5 Å². The maximum atomic E-state index is 14.7. The van der Waals surface area contributed by atoms with Crippen molar-refractivity contribution in [2.45, 2.75) is 69.5 Å². The van der Waals surface area contributed by atoms with Crippen LogP contribution in [0.5, 0.6) is 0 Å². The molecule has 0 saturated heterocycles. The maximum Gasteiger partial charge on any atom is 0.264 e. The molecule has 0 bridgehead atoms. The number of hydrogen-bond donors (Lipinski definition) is 1. The normalized spacial score (nSPS) is 14.1. The zero-order valence-electron chi connectivity index (χ0n) is 26.2. The van der Waals surface area contributed by atoms with Gasteiger partial charge >= 0.3 is 0 Å². The molecule has 2 amide bonds. The van der Waals surface area contributed by atoms with Gasteiger partial charge in [0.05, 0.1) is 10.6 Å². The molecule has 4 aromatic rings. The monoisotopic (exact) mass is 701 g/mol. The molecule has 1 N–H and O–H groups in total. The van der Waals surface area contributed by atoms with Crippen LogP contribution in [-0.4, -0.2) is 43.8 Å². The van der Waals surface area contributed by atoms with Gasteiger partial charge in [0, 0.05) is 23.5 Å². The third kappa shape index (κ3) is 8.06. The van der Waals surface area contributed by atoms with Crippen LogP contribution in [0.15, 0.2) is 112 Å². The highest BCUT2D eigenvalue weighted by molar-refractivity contribution is 9.10. The molecule has 0 unspecified atom stereocenters. The average molecular weight is 703 g/mol. The number of anilines is 1. The quantitative estimate of drug-likeness (QED) is 0.173. The predicted octanol–water partition coefficient (Wildman–Crippen LogP) is 6.96. The van der Waals surface area contributed by atoms with Crippen LogP contribution in [0.2, 0.25) is 0 Å². The highest BCUT2D eigenvalue weighted by Gasteiger charge is 2.36. The summed E-state index contributed by atoms with van der Waals surface area (Å²) in [7, 11) is -4.14. The van der Waals surface area contributed by atoms with E-state index in [9.17, 15) is 18.0 Å². The summed E-state index contributed by atoms with van der Waals surface area (Å²) in [5.74, 6) is -0.698. The third-order valence-corrected chi connectivity index (χ3v) is 11.0. The van der Waals surface area contributed by atoms with Crippen molar-refractivity contribution in [3.05, 3.63) is 130 Å². The van der Waals surface area contributed by atoms with Gasteiger partial charge in [-0.15, -0.1) is 0 Å². The number of carbonyl (C=O) groups is 2. The molecule has 0 spiro atoms. The van der Waals surface area contributed by atoms with E-state index in [1.54, 1.807) is 35.2 Å². The number of nitrogens with one attached hydrogen (secondary N) is 1. The molecule has 5 rings (SSSR count). The molecule has 240 valence electrons. The Balaban J connectivity index is 1.58. The Morgan fingerprint density at radius 1 is 0.826 bits per heavy atom. The number of carbonyl (C=O) groups excluding carboxylic acids is 2. The molecule has 1 atom stereocenters. The van der Waals surface area contributed by atoms with Gasteiger partial charge in [-0.1, -0.05) is 102 Å². The lowest BCUT2D eigenvalue weighted by molar-refractivity contribution is -0.140. The van der Waals surface area contributed by atoms with Crippen molar-refractivity contribution in [1.82, 2.24) is 10.2 Å². The Labute approximate surface area is 280 Å². The largest absolute Gasteiger partial charge is 0.352 e. The number of halogens is 1. The number of rotatable bonds is 12. The summed E-state index contributed by atoms with van der Waals surface area (Å²) in [6, 6.07) is 30.0. The lowest BCUT2D eigenvalue weighted by Gasteiger charge is -2.34. The van der Waals surface area contributed by atoms with E-state index in [-0.39, 0.29) is 29.8 Å². The van der Waals surface area contributed by atoms with Crippen LogP contribution in [0.1, 0.15) is 47.9 Å². The predicted molar refractivity (Wildman–Crippen MR) is 186 cm³/mol. The van der Waals surface area contributed by atoms with E-state index in [0.717, 1.165) is 52.4 Å². The van der Waals surface area contributed by atoms with Gasteiger partial charge in [-0.3, -0.25) is 13.9 Å². The lowest BCUT2D eigenvalue weighted by Crippen LogP contribution is -2.54. The van der Waals surface area contributed by atoms with E-state index < -0.39 is 28.5 Å². The minimum atomic E-state index is -4.14. The summed E-state index contributed by atoms with van der Waals surface area (Å²) >= 11 is 3.48. The number of nitrogens with zero attached hydrogens (tertiary/aromatic N) is 2. The first-order chi connectivity index (χ1) is 22.1. The van der Waals surface area contributed by atoms with Crippen LogP contribution in [-0.2, 0) is 32.6 Å². The van der Waals surface area contributed by atoms with Crippen molar-refractivity contribution in [1.29, 1.82) is 0 Å². The van der Waals surface area contributed by atoms with Crippen molar-refractivity contribution < 1.29 is 18.0 Å². The summed E-state index contributed by atoms with van der Waals surface area (Å²) in [6.45, 7) is 3.43. The van der Waals surface area contributed by atoms with Crippen molar-refractivity contribution >= 4 is 43.5 Å². The molecule has 0 heterocycles. The van der Waals surface area contributed by atoms with Gasteiger partial charge in [-0.2, -0.15) is 0 Å². The van der Waals surface area contributed by atoms with Gasteiger partial charge in [0.1, 0.15) is 12.6 Å². The van der Waals surface area contributed by atoms with Crippen LogP contribution in [0.25, 0.3) is 0 Å². The Hall–Kier alpha value is -3.95. The maximum absolute atomic E-state index is 14.7. The van der Waals surface area contributed by atoms with E-state index in [2.05, 4.69) is 21.2 Å². The smallest absolute Gasteiger partial charge is 0.264 e. The number of benzene rings is 4. The second-order valence-electron chi connectivity index (χ2n) is 11.9. The van der Waals surface area contributed by atoms with Crippen molar-refractivity contribution in [3.63, 3.8) is 0 Å². The summed E-state index contributed by atoms with van der Waals surface area (Å²) < 4.78 is 30.6. The second-order valence-corrected chi connectivity index (χ2v) is 14.7. The van der Waals surface area contributed by atoms with Crippen molar-refractivity contribution in [2.75, 3.05) is 10.8 Å². The zero-order chi connectivity index (χ0) is 32.7. The van der Waals surface area contributed by atoms with Gasteiger partial charge in [-0.25, -0.2) is 8.42 Å². The topological polar surface area (TPSA) is 86.8 Å². The second kappa shape index (κ2) is 15.1. The Bertz CT molecular complexity index is 1740. The molecular formula is C37H40BrN3O4S. The Morgan fingerprint density at radius 2 is 1.46 bits per heavy atom. The molecule has 1 aliphatic rings. The van der Waals surface area contributed by atoms with Gasteiger partial charge in [0.2, 0.25) is 11.8 Å². The first kappa shape index (κ1) is 33.4. The molecular weight excluding hydrogens is 662 g/mol. The summed E-state index contributed by atoms with van der Waals surface area (Å²) in [5, 5.41) is 3.21. The highest BCUT2D eigenvalue weighted by Crippen LogP contribution is 2.29. The molecule has 0 aromatic heterocycles. The average Bonchev–Trinajstić information content (AvgIpc) is 3.57. The number of hydrogen-bond acceptors (Lipinski definition) is 4. The van der Waals surface area contributed by atoms with E-state index in [4.69, 9.17) is 0 Å². The molecule has 1 fully saturated rings. The Kier molecular flexibility index (Phi) is 11.0. The van der Waals surface area contributed by atoms with Crippen LogP contribution in [0.3, 0.4) is 0 Å². The van der Waals surface area contributed by atoms with E-state index in [1.165, 1.54) is 16.4 Å². The molecule has 9 heteroatoms. The fourth-order valence-electron chi connectivity index (χ4n) is 5.95. The van der Waals surface area contributed by atoms with Gasteiger partial charge < -0.3 is 10.2 Å². The molecule has 4 aromatic carbocycles. The minimum Gasteiger partial charge on any atom is -0.352 e. The highest BCUT2D eigenvalue weighted by atomic mass is 79.9. The van der Waals surface area contributed by atoms with Crippen LogP contribution in [0.4, 0.5) is 5.69 Å². The summed E-state index contributed by atoms with van der Waals surface area (Å²) in [4.78, 5) is 30.4. The van der Waals surface area contributed by atoms with Gasteiger partial charge in [0.25, 0.3) is 10.0 Å².